The number of hydrogen-bond donors (Lipinski definition) is 1. The lowest BCUT2D eigenvalue weighted by Crippen LogP contribution is -2.25. The first-order valence-electron chi connectivity index (χ1n) is 14.3. The zero-order chi connectivity index (χ0) is 27.2. The number of nitrogens with zero attached hydrogens (tertiary/aromatic N) is 2. The number of furan rings is 1. The third-order valence-corrected chi connectivity index (χ3v) is 8.01. The van der Waals surface area contributed by atoms with E-state index in [4.69, 9.17) is 13.8 Å². The molecule has 0 unspecified atom stereocenters. The minimum Gasteiger partial charge on any atom is -0.507 e. The number of phenols is 1. The molecule has 0 atom stereocenters. The van der Waals surface area contributed by atoms with Gasteiger partial charge in [-0.15, -0.1) is 0 Å². The summed E-state index contributed by atoms with van der Waals surface area (Å²) in [5.74, 6) is 0.521. The number of phenolic OH excluding ortho intramolecular Hbond substituents is 1. The number of anilines is 1. The van der Waals surface area contributed by atoms with Crippen LogP contribution < -0.4 is 4.90 Å². The standard InChI is InChI=1S/C35H32N2O3/c1-3-5-19-37(20-6-4-2)23-16-17-27-29(21-23)39-33-30(27)25-13-9-10-14-26(25)32-34(33)40-35(36-32)31-24-12-8-7-11-22(24)15-18-28(31)38/h7-18,21,38H,3-6,19-20H2,1-2H3. The van der Waals surface area contributed by atoms with E-state index in [1.165, 1.54) is 18.5 Å². The van der Waals surface area contributed by atoms with Crippen molar-refractivity contribution in [3.05, 3.63) is 78.9 Å². The molecule has 0 fully saturated rings. The molecule has 0 aliphatic carbocycles. The molecule has 0 spiro atoms. The normalized spacial score (nSPS) is 11.9. The van der Waals surface area contributed by atoms with Crippen molar-refractivity contribution in [2.24, 2.45) is 0 Å². The van der Waals surface area contributed by atoms with Gasteiger partial charge in [-0.05, 0) is 47.2 Å². The van der Waals surface area contributed by atoms with Gasteiger partial charge in [0.2, 0.25) is 5.89 Å². The second-order valence-electron chi connectivity index (χ2n) is 10.6. The Morgan fingerprint density at radius 1 is 0.725 bits per heavy atom. The number of fused-ring (bicyclic) bond motifs is 9. The highest BCUT2D eigenvalue weighted by atomic mass is 16.4. The van der Waals surface area contributed by atoms with E-state index in [-0.39, 0.29) is 5.75 Å². The Labute approximate surface area is 232 Å². The minimum absolute atomic E-state index is 0.138. The molecule has 5 aromatic carbocycles. The largest absolute Gasteiger partial charge is 0.507 e. The number of aromatic hydroxyl groups is 1. The van der Waals surface area contributed by atoms with Crippen molar-refractivity contribution >= 4 is 60.3 Å². The summed E-state index contributed by atoms with van der Waals surface area (Å²) in [6.07, 6.45) is 4.66. The van der Waals surface area contributed by atoms with Crippen LogP contribution in [0.2, 0.25) is 0 Å². The number of hydrogen-bond acceptors (Lipinski definition) is 5. The van der Waals surface area contributed by atoms with E-state index in [1.807, 2.05) is 36.4 Å². The summed E-state index contributed by atoms with van der Waals surface area (Å²) in [6.45, 7) is 6.55. The second kappa shape index (κ2) is 9.91. The van der Waals surface area contributed by atoms with Crippen LogP contribution in [0.4, 0.5) is 5.69 Å². The molecule has 0 aliphatic rings. The molecule has 5 nitrogen and oxygen atoms in total. The summed E-state index contributed by atoms with van der Waals surface area (Å²) >= 11 is 0. The molecule has 1 N–H and O–H groups in total. The number of aromatic nitrogens is 1. The first kappa shape index (κ1) is 24.5. The van der Waals surface area contributed by atoms with Crippen LogP contribution in [0.25, 0.3) is 66.0 Å². The Kier molecular flexibility index (Phi) is 6.07. The van der Waals surface area contributed by atoms with Crippen molar-refractivity contribution in [1.82, 2.24) is 4.98 Å². The Balaban J connectivity index is 1.48. The average Bonchev–Trinajstić information content (AvgIpc) is 3.59. The summed E-state index contributed by atoms with van der Waals surface area (Å²) < 4.78 is 13.1. The Bertz CT molecular complexity index is 2010. The van der Waals surface area contributed by atoms with Crippen molar-refractivity contribution in [1.29, 1.82) is 0 Å². The maximum absolute atomic E-state index is 10.9. The summed E-state index contributed by atoms with van der Waals surface area (Å²) in [7, 11) is 0. The van der Waals surface area contributed by atoms with Crippen LogP contribution in [0.3, 0.4) is 0 Å². The highest BCUT2D eigenvalue weighted by Gasteiger charge is 2.23. The molecule has 7 aromatic rings. The van der Waals surface area contributed by atoms with Crippen molar-refractivity contribution in [3.63, 3.8) is 0 Å². The van der Waals surface area contributed by atoms with Gasteiger partial charge in [-0.2, -0.15) is 0 Å². The van der Waals surface area contributed by atoms with E-state index in [9.17, 15) is 5.11 Å². The topological polar surface area (TPSA) is 62.6 Å². The van der Waals surface area contributed by atoms with E-state index in [0.29, 0.717) is 22.6 Å². The lowest BCUT2D eigenvalue weighted by atomic mass is 10.0. The molecule has 0 saturated heterocycles. The highest BCUT2D eigenvalue weighted by Crippen LogP contribution is 2.44. The van der Waals surface area contributed by atoms with E-state index >= 15 is 0 Å². The van der Waals surface area contributed by atoms with E-state index < -0.39 is 0 Å². The molecule has 5 heteroatoms. The van der Waals surface area contributed by atoms with Gasteiger partial charge in [0.25, 0.3) is 0 Å². The van der Waals surface area contributed by atoms with Gasteiger partial charge in [-0.1, -0.05) is 81.3 Å². The lowest BCUT2D eigenvalue weighted by Gasteiger charge is -2.24. The summed E-state index contributed by atoms with van der Waals surface area (Å²) in [4.78, 5) is 7.44. The van der Waals surface area contributed by atoms with Gasteiger partial charge in [-0.3, -0.25) is 0 Å². The van der Waals surface area contributed by atoms with Crippen LogP contribution in [0.5, 0.6) is 5.75 Å². The third-order valence-electron chi connectivity index (χ3n) is 8.01. The third kappa shape index (κ3) is 3.88. The molecule has 0 aliphatic heterocycles. The van der Waals surface area contributed by atoms with Gasteiger partial charge in [0, 0.05) is 41.0 Å². The Morgan fingerprint density at radius 2 is 1.45 bits per heavy atom. The summed E-state index contributed by atoms with van der Waals surface area (Å²) in [5.41, 5.74) is 4.64. The fourth-order valence-electron chi connectivity index (χ4n) is 5.93. The predicted octanol–water partition coefficient (Wildman–Crippen LogP) is 9.81. The number of rotatable bonds is 8. The number of unbranched alkanes of at least 4 members (excludes halogenated alkanes) is 2. The molecule has 0 amide bonds. The zero-order valence-corrected chi connectivity index (χ0v) is 22.9. The molecule has 2 aromatic heterocycles. The molecule has 0 bridgehead atoms. The second-order valence-corrected chi connectivity index (χ2v) is 10.6. The molecule has 200 valence electrons. The molecular formula is C35H32N2O3. The van der Waals surface area contributed by atoms with Crippen molar-refractivity contribution in [3.8, 4) is 17.2 Å². The van der Waals surface area contributed by atoms with Crippen LogP contribution in [0.1, 0.15) is 39.5 Å². The van der Waals surface area contributed by atoms with Crippen molar-refractivity contribution in [2.75, 3.05) is 18.0 Å². The molecule has 2 heterocycles. The molecule has 40 heavy (non-hydrogen) atoms. The van der Waals surface area contributed by atoms with E-state index in [1.54, 1.807) is 6.07 Å². The first-order chi connectivity index (χ1) is 19.7. The fourth-order valence-corrected chi connectivity index (χ4v) is 5.93. The Hall–Kier alpha value is -4.51. The first-order valence-corrected chi connectivity index (χ1v) is 14.3. The van der Waals surface area contributed by atoms with Crippen LogP contribution in [0.15, 0.2) is 87.7 Å². The lowest BCUT2D eigenvalue weighted by molar-refractivity contribution is 0.475. The maximum atomic E-state index is 10.9. The molecule has 0 saturated carbocycles. The predicted molar refractivity (Wildman–Crippen MR) is 165 cm³/mol. The zero-order valence-electron chi connectivity index (χ0n) is 22.9. The van der Waals surface area contributed by atoms with Crippen LogP contribution in [-0.4, -0.2) is 23.2 Å². The Morgan fingerprint density at radius 3 is 2.23 bits per heavy atom. The molecule has 7 rings (SSSR count). The highest BCUT2D eigenvalue weighted by molar-refractivity contribution is 6.28. The number of benzene rings is 5. The minimum atomic E-state index is 0.138. The van der Waals surface area contributed by atoms with Crippen LogP contribution >= 0.6 is 0 Å². The summed E-state index contributed by atoms with van der Waals surface area (Å²) in [6, 6.07) is 26.4. The van der Waals surface area contributed by atoms with Crippen molar-refractivity contribution in [2.45, 2.75) is 39.5 Å². The van der Waals surface area contributed by atoms with Gasteiger partial charge in [-0.25, -0.2) is 4.98 Å². The van der Waals surface area contributed by atoms with Gasteiger partial charge in [0.05, 0.1) is 5.56 Å². The van der Waals surface area contributed by atoms with E-state index in [2.05, 4.69) is 55.1 Å². The van der Waals surface area contributed by atoms with Gasteiger partial charge < -0.3 is 18.8 Å². The SMILES string of the molecule is CCCCN(CCCC)c1ccc2c(c1)oc1c3oc(-c4c(O)ccc5ccccc45)nc3c3ccccc3c21. The molecular weight excluding hydrogens is 496 g/mol. The van der Waals surface area contributed by atoms with Crippen LogP contribution in [0, 0.1) is 0 Å². The van der Waals surface area contributed by atoms with Gasteiger partial charge >= 0.3 is 0 Å². The number of oxazole rings is 1. The monoisotopic (exact) mass is 528 g/mol. The van der Waals surface area contributed by atoms with Crippen LogP contribution in [-0.2, 0) is 0 Å². The van der Waals surface area contributed by atoms with Gasteiger partial charge in [0.15, 0.2) is 11.2 Å². The summed E-state index contributed by atoms with van der Waals surface area (Å²) in [5, 5.41) is 17.0. The maximum Gasteiger partial charge on any atom is 0.231 e. The molecule has 0 radical (unpaired) electrons. The fraction of sp³-hybridized carbons (Fsp3) is 0.229. The quantitative estimate of drug-likeness (QED) is 0.213. The smallest absolute Gasteiger partial charge is 0.231 e. The van der Waals surface area contributed by atoms with Crippen molar-refractivity contribution < 1.29 is 13.9 Å². The van der Waals surface area contributed by atoms with Gasteiger partial charge in [0.1, 0.15) is 16.8 Å². The average molecular weight is 529 g/mol. The van der Waals surface area contributed by atoms with E-state index in [0.717, 1.165) is 69.3 Å².